The Bertz CT molecular complexity index is 220. The SMILES string of the molecule is CCNCC(=O)N(C)CC1CCCN1CC. The van der Waals surface area contributed by atoms with Gasteiger partial charge < -0.3 is 10.2 Å². The highest BCUT2D eigenvalue weighted by Crippen LogP contribution is 2.17. The molecule has 94 valence electrons. The third-order valence-corrected chi connectivity index (χ3v) is 3.34. The van der Waals surface area contributed by atoms with E-state index in [1.807, 2.05) is 18.9 Å². The molecule has 1 atom stereocenters. The highest BCUT2D eigenvalue weighted by Gasteiger charge is 2.25. The van der Waals surface area contributed by atoms with E-state index in [4.69, 9.17) is 0 Å². The fraction of sp³-hybridized carbons (Fsp3) is 0.917. The molecule has 16 heavy (non-hydrogen) atoms. The number of carbonyl (C=O) groups excluding carboxylic acids is 1. The average Bonchev–Trinajstić information content (AvgIpc) is 2.72. The maximum atomic E-state index is 11.7. The Balaban J connectivity index is 2.32. The molecule has 1 aliphatic rings. The molecule has 0 aromatic rings. The van der Waals surface area contributed by atoms with Crippen molar-refractivity contribution in [3.8, 4) is 0 Å². The lowest BCUT2D eigenvalue weighted by molar-refractivity contribution is -0.129. The van der Waals surface area contributed by atoms with Crippen LogP contribution in [0.15, 0.2) is 0 Å². The van der Waals surface area contributed by atoms with Crippen LogP contribution in [0.25, 0.3) is 0 Å². The van der Waals surface area contributed by atoms with E-state index in [0.29, 0.717) is 12.6 Å². The number of carbonyl (C=O) groups is 1. The van der Waals surface area contributed by atoms with Crippen LogP contribution in [0.2, 0.25) is 0 Å². The fourth-order valence-corrected chi connectivity index (χ4v) is 2.30. The molecule has 0 bridgehead atoms. The summed E-state index contributed by atoms with van der Waals surface area (Å²) in [6, 6.07) is 0.570. The smallest absolute Gasteiger partial charge is 0.236 e. The van der Waals surface area contributed by atoms with Crippen LogP contribution in [0.3, 0.4) is 0 Å². The highest BCUT2D eigenvalue weighted by atomic mass is 16.2. The first-order valence-electron chi connectivity index (χ1n) is 6.37. The van der Waals surface area contributed by atoms with Gasteiger partial charge in [-0.3, -0.25) is 9.69 Å². The lowest BCUT2D eigenvalue weighted by Crippen LogP contribution is -2.43. The Morgan fingerprint density at radius 2 is 2.25 bits per heavy atom. The van der Waals surface area contributed by atoms with E-state index in [1.54, 1.807) is 0 Å². The van der Waals surface area contributed by atoms with Crippen molar-refractivity contribution in [2.45, 2.75) is 32.7 Å². The molecular weight excluding hydrogens is 202 g/mol. The van der Waals surface area contributed by atoms with Crippen molar-refractivity contribution < 1.29 is 4.79 Å². The van der Waals surface area contributed by atoms with Gasteiger partial charge in [-0.1, -0.05) is 13.8 Å². The molecular formula is C12H25N3O. The van der Waals surface area contributed by atoms with Crippen LogP contribution in [0.1, 0.15) is 26.7 Å². The van der Waals surface area contributed by atoms with Crippen molar-refractivity contribution in [3.63, 3.8) is 0 Å². The maximum Gasteiger partial charge on any atom is 0.236 e. The standard InChI is InChI=1S/C12H25N3O/c1-4-13-9-12(16)14(3)10-11-7-6-8-15(11)5-2/h11,13H,4-10H2,1-3H3. The molecule has 0 radical (unpaired) electrons. The van der Waals surface area contributed by atoms with Crippen molar-refractivity contribution in [2.24, 2.45) is 0 Å². The first-order valence-corrected chi connectivity index (χ1v) is 6.37. The molecule has 0 aromatic carbocycles. The summed E-state index contributed by atoms with van der Waals surface area (Å²) >= 11 is 0. The minimum Gasteiger partial charge on any atom is -0.343 e. The number of rotatable bonds is 6. The van der Waals surface area contributed by atoms with Crippen molar-refractivity contribution in [1.82, 2.24) is 15.1 Å². The number of likely N-dealkylation sites (N-methyl/N-ethyl adjacent to an activating group) is 3. The van der Waals surface area contributed by atoms with E-state index >= 15 is 0 Å². The van der Waals surface area contributed by atoms with Crippen LogP contribution in [-0.2, 0) is 4.79 Å². The van der Waals surface area contributed by atoms with E-state index in [2.05, 4.69) is 17.1 Å². The van der Waals surface area contributed by atoms with E-state index in [1.165, 1.54) is 19.4 Å². The number of hydrogen-bond donors (Lipinski definition) is 1. The van der Waals surface area contributed by atoms with Gasteiger partial charge in [0.25, 0.3) is 0 Å². The number of nitrogens with one attached hydrogen (secondary N) is 1. The summed E-state index contributed by atoms with van der Waals surface area (Å²) in [5.41, 5.74) is 0. The largest absolute Gasteiger partial charge is 0.343 e. The minimum atomic E-state index is 0.199. The van der Waals surface area contributed by atoms with E-state index in [9.17, 15) is 4.79 Å². The summed E-state index contributed by atoms with van der Waals surface area (Å²) in [6.07, 6.45) is 2.50. The zero-order valence-corrected chi connectivity index (χ0v) is 10.8. The normalized spacial score (nSPS) is 21.3. The molecule has 0 spiro atoms. The summed E-state index contributed by atoms with van der Waals surface area (Å²) in [5.74, 6) is 0.199. The molecule has 1 heterocycles. The molecule has 4 nitrogen and oxygen atoms in total. The molecule has 4 heteroatoms. The second-order valence-corrected chi connectivity index (χ2v) is 4.48. The van der Waals surface area contributed by atoms with Gasteiger partial charge in [-0.2, -0.15) is 0 Å². The topological polar surface area (TPSA) is 35.6 Å². The van der Waals surface area contributed by atoms with Crippen LogP contribution in [0, 0.1) is 0 Å². The van der Waals surface area contributed by atoms with Crippen LogP contribution >= 0.6 is 0 Å². The Labute approximate surface area is 99.0 Å². The Hall–Kier alpha value is -0.610. The minimum absolute atomic E-state index is 0.199. The summed E-state index contributed by atoms with van der Waals surface area (Å²) in [6.45, 7) is 8.69. The second-order valence-electron chi connectivity index (χ2n) is 4.48. The van der Waals surface area contributed by atoms with Gasteiger partial charge in [-0.25, -0.2) is 0 Å². The third-order valence-electron chi connectivity index (χ3n) is 3.34. The van der Waals surface area contributed by atoms with Gasteiger partial charge in [0, 0.05) is 19.6 Å². The molecule has 1 saturated heterocycles. The molecule has 1 aliphatic heterocycles. The number of amides is 1. The Morgan fingerprint density at radius 1 is 1.50 bits per heavy atom. The number of likely N-dealkylation sites (tertiary alicyclic amines) is 1. The molecule has 1 unspecified atom stereocenters. The van der Waals surface area contributed by atoms with Crippen LogP contribution in [0.4, 0.5) is 0 Å². The monoisotopic (exact) mass is 227 g/mol. The van der Waals surface area contributed by atoms with Crippen LogP contribution in [-0.4, -0.2) is 61.5 Å². The van der Waals surface area contributed by atoms with E-state index in [-0.39, 0.29) is 5.91 Å². The highest BCUT2D eigenvalue weighted by molar-refractivity contribution is 5.77. The van der Waals surface area contributed by atoms with Crippen molar-refractivity contribution >= 4 is 5.91 Å². The lowest BCUT2D eigenvalue weighted by Gasteiger charge is -2.27. The Morgan fingerprint density at radius 3 is 2.88 bits per heavy atom. The zero-order valence-electron chi connectivity index (χ0n) is 10.8. The zero-order chi connectivity index (χ0) is 12.0. The van der Waals surface area contributed by atoms with Crippen molar-refractivity contribution in [1.29, 1.82) is 0 Å². The van der Waals surface area contributed by atoms with Crippen molar-refractivity contribution in [3.05, 3.63) is 0 Å². The van der Waals surface area contributed by atoms with Crippen LogP contribution < -0.4 is 5.32 Å². The first kappa shape index (κ1) is 13.5. The summed E-state index contributed by atoms with van der Waals surface area (Å²) in [5, 5.41) is 3.07. The molecule has 0 saturated carbocycles. The number of hydrogen-bond acceptors (Lipinski definition) is 3. The Kier molecular flexibility index (Phi) is 5.77. The first-order chi connectivity index (χ1) is 7.69. The quantitative estimate of drug-likeness (QED) is 0.719. The van der Waals surface area contributed by atoms with E-state index in [0.717, 1.165) is 19.6 Å². The van der Waals surface area contributed by atoms with Crippen LogP contribution in [0.5, 0.6) is 0 Å². The molecule has 1 fully saturated rings. The van der Waals surface area contributed by atoms with Gasteiger partial charge in [0.05, 0.1) is 6.54 Å². The number of nitrogens with zero attached hydrogens (tertiary/aromatic N) is 2. The van der Waals surface area contributed by atoms with Gasteiger partial charge in [0.1, 0.15) is 0 Å². The van der Waals surface area contributed by atoms with Gasteiger partial charge in [-0.05, 0) is 32.5 Å². The molecule has 0 aliphatic carbocycles. The van der Waals surface area contributed by atoms with Gasteiger partial charge in [-0.15, -0.1) is 0 Å². The predicted octanol–water partition coefficient (Wildman–Crippen LogP) is 0.539. The van der Waals surface area contributed by atoms with Gasteiger partial charge in [0.15, 0.2) is 0 Å². The van der Waals surface area contributed by atoms with Crippen molar-refractivity contribution in [2.75, 3.05) is 39.8 Å². The summed E-state index contributed by atoms with van der Waals surface area (Å²) in [7, 11) is 1.91. The predicted molar refractivity (Wildman–Crippen MR) is 66.4 cm³/mol. The summed E-state index contributed by atoms with van der Waals surface area (Å²) < 4.78 is 0. The third kappa shape index (κ3) is 3.76. The van der Waals surface area contributed by atoms with Gasteiger partial charge in [0.2, 0.25) is 5.91 Å². The van der Waals surface area contributed by atoms with Gasteiger partial charge >= 0.3 is 0 Å². The summed E-state index contributed by atoms with van der Waals surface area (Å²) in [4.78, 5) is 16.1. The fourth-order valence-electron chi connectivity index (χ4n) is 2.30. The maximum absolute atomic E-state index is 11.7. The van der Waals surface area contributed by atoms with E-state index < -0.39 is 0 Å². The molecule has 1 amide bonds. The lowest BCUT2D eigenvalue weighted by atomic mass is 10.2. The average molecular weight is 227 g/mol. The molecule has 0 aromatic heterocycles. The molecule has 1 N–H and O–H groups in total. The second kappa shape index (κ2) is 6.86. The molecule has 1 rings (SSSR count).